The minimum Gasteiger partial charge on any atom is -0.355 e. The zero-order chi connectivity index (χ0) is 19.7. The van der Waals surface area contributed by atoms with Crippen LogP contribution in [0.25, 0.3) is 22.2 Å². The summed E-state index contributed by atoms with van der Waals surface area (Å²) in [4.78, 5) is 27.5. The number of benzene rings is 2. The van der Waals surface area contributed by atoms with E-state index in [0.717, 1.165) is 22.2 Å². The molecular weight excluding hydrogens is 354 g/mol. The monoisotopic (exact) mass is 373 g/mol. The molecule has 1 amide bonds. The summed E-state index contributed by atoms with van der Waals surface area (Å²) in [6, 6.07) is 16.7. The molecule has 0 radical (unpaired) electrons. The van der Waals surface area contributed by atoms with Gasteiger partial charge in [-0.3, -0.25) is 9.59 Å². The zero-order valence-electron chi connectivity index (χ0n) is 15.6. The quantitative estimate of drug-likeness (QED) is 0.570. The molecule has 0 fully saturated rings. The van der Waals surface area contributed by atoms with E-state index in [9.17, 15) is 9.59 Å². The highest BCUT2D eigenvalue weighted by Gasteiger charge is 2.14. The topological polar surface area (TPSA) is 88.0 Å². The first-order valence-corrected chi connectivity index (χ1v) is 8.95. The first kappa shape index (κ1) is 17.7. The van der Waals surface area contributed by atoms with E-state index in [0.29, 0.717) is 22.4 Å². The molecule has 0 bridgehead atoms. The van der Waals surface area contributed by atoms with Crippen molar-refractivity contribution in [1.82, 2.24) is 15.5 Å². The summed E-state index contributed by atoms with van der Waals surface area (Å²) in [7, 11) is 0. The van der Waals surface area contributed by atoms with Crippen molar-refractivity contribution in [1.29, 1.82) is 0 Å². The fourth-order valence-corrected chi connectivity index (χ4v) is 3.25. The minimum atomic E-state index is -0.263. The number of fused-ring (bicyclic) bond motifs is 1. The van der Waals surface area contributed by atoms with Crippen LogP contribution in [0.5, 0.6) is 0 Å². The fourth-order valence-electron chi connectivity index (χ4n) is 3.25. The molecular formula is C22H19N3O3. The lowest BCUT2D eigenvalue weighted by atomic mass is 10.1. The molecule has 2 N–H and O–H groups in total. The molecule has 4 rings (SSSR count). The lowest BCUT2D eigenvalue weighted by Crippen LogP contribution is -2.27. The molecule has 0 saturated heterocycles. The molecule has 2 aromatic heterocycles. The first-order valence-electron chi connectivity index (χ1n) is 8.95. The van der Waals surface area contributed by atoms with Crippen LogP contribution in [-0.2, 0) is 6.54 Å². The molecule has 140 valence electrons. The molecule has 0 spiro atoms. The van der Waals surface area contributed by atoms with Gasteiger partial charge < -0.3 is 14.8 Å². The van der Waals surface area contributed by atoms with Crippen LogP contribution in [0, 0.1) is 13.8 Å². The van der Waals surface area contributed by atoms with Crippen molar-refractivity contribution in [2.45, 2.75) is 20.4 Å². The van der Waals surface area contributed by atoms with Gasteiger partial charge in [0.1, 0.15) is 5.52 Å². The standard InChI is InChI=1S/C22H19N3O3/c1-13-10-14(2)24-22(27)18(13)12-23-21(26)16-8-9-19-17(11-16)20(28-25-19)15-6-4-3-5-7-15/h3-11H,12H2,1-2H3,(H,23,26)(H,24,27). The number of rotatable bonds is 4. The van der Waals surface area contributed by atoms with Crippen LogP contribution in [0.3, 0.4) is 0 Å². The lowest BCUT2D eigenvalue weighted by molar-refractivity contribution is 0.0951. The number of hydrogen-bond donors (Lipinski definition) is 2. The Kier molecular flexibility index (Phi) is 4.53. The van der Waals surface area contributed by atoms with Crippen LogP contribution in [-0.4, -0.2) is 16.0 Å². The van der Waals surface area contributed by atoms with Crippen LogP contribution < -0.4 is 10.9 Å². The molecule has 0 aliphatic heterocycles. The number of nitrogens with one attached hydrogen (secondary N) is 2. The molecule has 2 aromatic carbocycles. The number of H-pyrrole nitrogens is 1. The van der Waals surface area contributed by atoms with Gasteiger partial charge in [0, 0.05) is 28.9 Å². The Morgan fingerprint density at radius 2 is 1.89 bits per heavy atom. The molecule has 0 unspecified atom stereocenters. The molecule has 0 aliphatic carbocycles. The smallest absolute Gasteiger partial charge is 0.253 e. The maximum Gasteiger partial charge on any atom is 0.253 e. The highest BCUT2D eigenvalue weighted by atomic mass is 16.5. The van der Waals surface area contributed by atoms with Crippen molar-refractivity contribution in [3.8, 4) is 11.3 Å². The van der Waals surface area contributed by atoms with Gasteiger partial charge in [0.05, 0.1) is 5.39 Å². The SMILES string of the molecule is Cc1cc(C)c(CNC(=O)c2ccc3noc(-c4ccccc4)c3c2)c(=O)[nH]1. The van der Waals surface area contributed by atoms with Gasteiger partial charge in [-0.2, -0.15) is 0 Å². The third-order valence-electron chi connectivity index (χ3n) is 4.69. The van der Waals surface area contributed by atoms with E-state index < -0.39 is 0 Å². The summed E-state index contributed by atoms with van der Waals surface area (Å²) in [5.41, 5.74) is 4.07. The summed E-state index contributed by atoms with van der Waals surface area (Å²) in [6.07, 6.45) is 0. The highest BCUT2D eigenvalue weighted by molar-refractivity contribution is 6.00. The number of amides is 1. The number of pyridine rings is 1. The molecule has 6 heteroatoms. The van der Waals surface area contributed by atoms with Crippen molar-refractivity contribution in [2.75, 3.05) is 0 Å². The van der Waals surface area contributed by atoms with E-state index in [1.54, 1.807) is 18.2 Å². The Morgan fingerprint density at radius 3 is 2.64 bits per heavy atom. The Balaban J connectivity index is 1.61. The van der Waals surface area contributed by atoms with Gasteiger partial charge in [-0.1, -0.05) is 35.5 Å². The van der Waals surface area contributed by atoms with Crippen molar-refractivity contribution in [3.63, 3.8) is 0 Å². The Bertz CT molecular complexity index is 1220. The van der Waals surface area contributed by atoms with E-state index in [-0.39, 0.29) is 18.0 Å². The average Bonchev–Trinajstić information content (AvgIpc) is 3.11. The molecule has 28 heavy (non-hydrogen) atoms. The Labute approximate surface area is 161 Å². The lowest BCUT2D eigenvalue weighted by Gasteiger charge is -2.08. The number of carbonyl (C=O) groups excluding carboxylic acids is 1. The van der Waals surface area contributed by atoms with Crippen LogP contribution in [0.4, 0.5) is 0 Å². The number of nitrogens with zero attached hydrogens (tertiary/aromatic N) is 1. The van der Waals surface area contributed by atoms with Crippen molar-refractivity contribution in [2.24, 2.45) is 0 Å². The summed E-state index contributed by atoms with van der Waals surface area (Å²) in [5, 5.41) is 7.66. The van der Waals surface area contributed by atoms with Crippen LogP contribution in [0.2, 0.25) is 0 Å². The van der Waals surface area contributed by atoms with E-state index in [1.165, 1.54) is 0 Å². The van der Waals surface area contributed by atoms with Gasteiger partial charge in [-0.15, -0.1) is 0 Å². The predicted octanol–water partition coefficient (Wildman–Crippen LogP) is 3.73. The van der Waals surface area contributed by atoms with Crippen LogP contribution in [0.15, 0.2) is 63.9 Å². The normalized spacial score (nSPS) is 10.9. The third-order valence-corrected chi connectivity index (χ3v) is 4.69. The number of aromatic nitrogens is 2. The molecule has 6 nitrogen and oxygen atoms in total. The molecule has 0 saturated carbocycles. The summed E-state index contributed by atoms with van der Waals surface area (Å²) in [5.74, 6) is 0.359. The Morgan fingerprint density at radius 1 is 1.11 bits per heavy atom. The van der Waals surface area contributed by atoms with Crippen molar-refractivity contribution in [3.05, 3.63) is 87.3 Å². The number of aryl methyl sites for hydroxylation is 2. The molecule has 2 heterocycles. The van der Waals surface area contributed by atoms with Gasteiger partial charge >= 0.3 is 0 Å². The molecule has 0 atom stereocenters. The maximum absolute atomic E-state index is 12.6. The van der Waals surface area contributed by atoms with Crippen LogP contribution >= 0.6 is 0 Å². The van der Waals surface area contributed by atoms with Gasteiger partial charge in [0.25, 0.3) is 11.5 Å². The fraction of sp³-hybridized carbons (Fsp3) is 0.136. The Hall–Kier alpha value is -3.67. The maximum atomic E-state index is 12.6. The highest BCUT2D eigenvalue weighted by Crippen LogP contribution is 2.29. The van der Waals surface area contributed by atoms with E-state index in [4.69, 9.17) is 4.52 Å². The number of aromatic amines is 1. The van der Waals surface area contributed by atoms with E-state index in [2.05, 4.69) is 15.5 Å². The second-order valence-electron chi connectivity index (χ2n) is 6.74. The van der Waals surface area contributed by atoms with Gasteiger partial charge in [-0.25, -0.2) is 0 Å². The summed E-state index contributed by atoms with van der Waals surface area (Å²) in [6.45, 7) is 3.85. The molecule has 4 aromatic rings. The third kappa shape index (κ3) is 3.32. The minimum absolute atomic E-state index is 0.160. The van der Waals surface area contributed by atoms with Crippen LogP contribution in [0.1, 0.15) is 27.2 Å². The summed E-state index contributed by atoms with van der Waals surface area (Å²) < 4.78 is 5.48. The average molecular weight is 373 g/mol. The van der Waals surface area contributed by atoms with Gasteiger partial charge in [-0.05, 0) is 43.7 Å². The second kappa shape index (κ2) is 7.15. The predicted molar refractivity (Wildman–Crippen MR) is 107 cm³/mol. The van der Waals surface area contributed by atoms with E-state index in [1.807, 2.05) is 50.2 Å². The largest absolute Gasteiger partial charge is 0.355 e. The number of carbonyl (C=O) groups is 1. The van der Waals surface area contributed by atoms with Gasteiger partial charge in [0.2, 0.25) is 0 Å². The van der Waals surface area contributed by atoms with Gasteiger partial charge in [0.15, 0.2) is 5.76 Å². The number of hydrogen-bond acceptors (Lipinski definition) is 4. The summed E-state index contributed by atoms with van der Waals surface area (Å²) >= 11 is 0. The van der Waals surface area contributed by atoms with Crippen molar-refractivity contribution < 1.29 is 9.32 Å². The van der Waals surface area contributed by atoms with E-state index >= 15 is 0 Å². The second-order valence-corrected chi connectivity index (χ2v) is 6.74. The first-order chi connectivity index (χ1) is 13.5. The zero-order valence-corrected chi connectivity index (χ0v) is 15.6. The van der Waals surface area contributed by atoms with Crippen molar-refractivity contribution >= 4 is 16.8 Å². The molecule has 0 aliphatic rings.